The Hall–Kier alpha value is -1.95. The number of dihydropyridines is 1. The van der Waals surface area contributed by atoms with Crippen molar-refractivity contribution in [1.29, 1.82) is 0 Å². The third-order valence-corrected chi connectivity index (χ3v) is 5.52. The molecular formula is C18H16BrFN2O2. The predicted octanol–water partition coefficient (Wildman–Crippen LogP) is 3.01. The molecule has 1 amide bonds. The Morgan fingerprint density at radius 2 is 2.00 bits per heavy atom. The molecule has 2 aliphatic heterocycles. The van der Waals surface area contributed by atoms with Crippen molar-refractivity contribution in [2.24, 2.45) is 0 Å². The zero-order chi connectivity index (χ0) is 17.0. The Morgan fingerprint density at radius 3 is 2.75 bits per heavy atom. The largest absolute Gasteiger partial charge is 0.360 e. The first kappa shape index (κ1) is 15.6. The number of nitrogens with zero attached hydrogens (tertiary/aromatic N) is 1. The van der Waals surface area contributed by atoms with Gasteiger partial charge in [0.15, 0.2) is 5.78 Å². The molecule has 1 N–H and O–H groups in total. The van der Waals surface area contributed by atoms with Crippen molar-refractivity contribution in [1.82, 2.24) is 10.2 Å². The number of amides is 1. The van der Waals surface area contributed by atoms with Crippen molar-refractivity contribution in [2.75, 3.05) is 13.6 Å². The van der Waals surface area contributed by atoms with E-state index in [9.17, 15) is 14.0 Å². The first-order valence-corrected chi connectivity index (χ1v) is 8.73. The summed E-state index contributed by atoms with van der Waals surface area (Å²) in [6.45, 7) is 0.512. The molecule has 0 aromatic heterocycles. The Labute approximate surface area is 147 Å². The van der Waals surface area contributed by atoms with Crippen LogP contribution in [0.3, 0.4) is 0 Å². The number of likely N-dealkylation sites (N-methyl/N-ethyl adjacent to an activating group) is 1. The highest BCUT2D eigenvalue weighted by Gasteiger charge is 2.43. The molecule has 0 fully saturated rings. The van der Waals surface area contributed by atoms with Gasteiger partial charge in [-0.1, -0.05) is 6.07 Å². The number of ketones is 1. The van der Waals surface area contributed by atoms with E-state index >= 15 is 0 Å². The van der Waals surface area contributed by atoms with E-state index in [0.717, 1.165) is 29.8 Å². The third kappa shape index (κ3) is 2.24. The van der Waals surface area contributed by atoms with E-state index in [-0.39, 0.29) is 17.5 Å². The molecule has 0 bridgehead atoms. The Kier molecular flexibility index (Phi) is 3.60. The number of rotatable bonds is 1. The van der Waals surface area contributed by atoms with E-state index < -0.39 is 5.92 Å². The smallest absolute Gasteiger partial charge is 0.252 e. The first-order valence-electron chi connectivity index (χ1n) is 7.94. The maximum Gasteiger partial charge on any atom is 0.252 e. The molecule has 0 spiro atoms. The van der Waals surface area contributed by atoms with Crippen LogP contribution in [0.15, 0.2) is 45.2 Å². The van der Waals surface area contributed by atoms with Crippen molar-refractivity contribution in [3.05, 3.63) is 56.6 Å². The van der Waals surface area contributed by atoms with E-state index in [1.54, 1.807) is 24.1 Å². The second-order valence-corrected chi connectivity index (χ2v) is 7.31. The average Bonchev–Trinajstić information content (AvgIpc) is 2.83. The fourth-order valence-corrected chi connectivity index (χ4v) is 4.21. The topological polar surface area (TPSA) is 49.4 Å². The van der Waals surface area contributed by atoms with Crippen molar-refractivity contribution in [2.45, 2.75) is 25.2 Å². The van der Waals surface area contributed by atoms with Gasteiger partial charge in [0, 0.05) is 36.4 Å². The maximum atomic E-state index is 13.7. The molecule has 4 rings (SSSR count). The van der Waals surface area contributed by atoms with Crippen molar-refractivity contribution < 1.29 is 14.0 Å². The lowest BCUT2D eigenvalue weighted by Crippen LogP contribution is -2.32. The number of carbonyl (C=O) groups is 2. The molecule has 0 saturated carbocycles. The molecule has 124 valence electrons. The van der Waals surface area contributed by atoms with Gasteiger partial charge in [0.2, 0.25) is 0 Å². The highest BCUT2D eigenvalue weighted by molar-refractivity contribution is 9.10. The van der Waals surface area contributed by atoms with Gasteiger partial charge in [-0.2, -0.15) is 0 Å². The lowest BCUT2D eigenvalue weighted by molar-refractivity contribution is -0.124. The summed E-state index contributed by atoms with van der Waals surface area (Å²) in [5, 5.41) is 3.32. The van der Waals surface area contributed by atoms with Gasteiger partial charge < -0.3 is 10.2 Å². The van der Waals surface area contributed by atoms with Gasteiger partial charge in [-0.3, -0.25) is 9.59 Å². The molecule has 1 aliphatic carbocycles. The molecule has 4 nitrogen and oxygen atoms in total. The second kappa shape index (κ2) is 5.55. The van der Waals surface area contributed by atoms with E-state index in [4.69, 9.17) is 0 Å². The summed E-state index contributed by atoms with van der Waals surface area (Å²) in [7, 11) is 1.75. The van der Waals surface area contributed by atoms with Gasteiger partial charge in [0.25, 0.3) is 5.91 Å². The number of allylic oxidation sites excluding steroid dienone is 2. The highest BCUT2D eigenvalue weighted by Crippen LogP contribution is 2.45. The zero-order valence-electron chi connectivity index (χ0n) is 13.2. The normalized spacial score (nSPS) is 23.5. The van der Waals surface area contributed by atoms with Gasteiger partial charge in [-0.15, -0.1) is 0 Å². The average molecular weight is 391 g/mol. The standard InChI is InChI=1S/C18H16BrFN2O2/c1-22-8-13-17(18(22)24)15(9-5-6-11(20)10(19)7-9)16-12(21-13)3-2-4-14(16)23/h5-7,15,21H,2-4,8H2,1H3/t15-/m1/s1. The molecule has 3 aliphatic rings. The summed E-state index contributed by atoms with van der Waals surface area (Å²) in [6.07, 6.45) is 2.11. The van der Waals surface area contributed by atoms with Crippen LogP contribution in [0.1, 0.15) is 30.7 Å². The monoisotopic (exact) mass is 390 g/mol. The number of hydrogen-bond acceptors (Lipinski definition) is 3. The Bertz CT molecular complexity index is 843. The summed E-state index contributed by atoms with van der Waals surface area (Å²) in [4.78, 5) is 26.9. The van der Waals surface area contributed by atoms with E-state index in [1.807, 2.05) is 0 Å². The summed E-state index contributed by atoms with van der Waals surface area (Å²) in [5.74, 6) is -0.782. The van der Waals surface area contributed by atoms with E-state index in [1.165, 1.54) is 6.07 Å². The molecule has 2 heterocycles. The fraction of sp³-hybridized carbons (Fsp3) is 0.333. The minimum atomic E-state index is -0.418. The summed E-state index contributed by atoms with van der Waals surface area (Å²) in [6, 6.07) is 4.71. The minimum Gasteiger partial charge on any atom is -0.360 e. The number of benzene rings is 1. The maximum absolute atomic E-state index is 13.7. The van der Waals surface area contributed by atoms with Gasteiger partial charge in [-0.05, 0) is 46.5 Å². The molecule has 1 atom stereocenters. The molecule has 0 unspecified atom stereocenters. The van der Waals surface area contributed by atoms with Crippen LogP contribution in [0.5, 0.6) is 0 Å². The highest BCUT2D eigenvalue weighted by atomic mass is 79.9. The third-order valence-electron chi connectivity index (χ3n) is 4.91. The molecule has 0 saturated heterocycles. The summed E-state index contributed by atoms with van der Waals surface area (Å²) >= 11 is 3.21. The van der Waals surface area contributed by atoms with Crippen LogP contribution in [0.4, 0.5) is 4.39 Å². The fourth-order valence-electron chi connectivity index (χ4n) is 3.81. The quantitative estimate of drug-likeness (QED) is 0.801. The van der Waals surface area contributed by atoms with Crippen LogP contribution in [-0.4, -0.2) is 30.2 Å². The summed E-state index contributed by atoms with van der Waals surface area (Å²) < 4.78 is 14.0. The first-order chi connectivity index (χ1) is 11.5. The van der Waals surface area contributed by atoms with Crippen LogP contribution in [0, 0.1) is 5.82 Å². The van der Waals surface area contributed by atoms with Crippen LogP contribution in [-0.2, 0) is 9.59 Å². The van der Waals surface area contributed by atoms with Crippen LogP contribution in [0.2, 0.25) is 0 Å². The Morgan fingerprint density at radius 1 is 1.21 bits per heavy atom. The van der Waals surface area contributed by atoms with Gasteiger partial charge in [0.05, 0.1) is 16.6 Å². The molecule has 0 radical (unpaired) electrons. The lowest BCUT2D eigenvalue weighted by atomic mass is 9.75. The number of halogens is 2. The SMILES string of the molecule is CN1CC2=C(C1=O)[C@H](c1ccc(F)c(Br)c1)C1=C(CCCC1=O)N2. The zero-order valence-corrected chi connectivity index (χ0v) is 14.7. The number of carbonyl (C=O) groups excluding carboxylic acids is 2. The van der Waals surface area contributed by atoms with Gasteiger partial charge in [0.1, 0.15) is 5.82 Å². The Balaban J connectivity index is 1.91. The lowest BCUT2D eigenvalue weighted by Gasteiger charge is -2.32. The molecule has 1 aromatic rings. The number of Topliss-reactive ketones (excluding diaryl/α,β-unsaturated/α-hetero) is 1. The van der Waals surface area contributed by atoms with Crippen LogP contribution < -0.4 is 5.32 Å². The molecule has 24 heavy (non-hydrogen) atoms. The minimum absolute atomic E-state index is 0.0723. The number of nitrogens with one attached hydrogen (secondary N) is 1. The second-order valence-electron chi connectivity index (χ2n) is 6.45. The molecule has 6 heteroatoms. The van der Waals surface area contributed by atoms with Crippen LogP contribution in [0.25, 0.3) is 0 Å². The molecular weight excluding hydrogens is 375 g/mol. The van der Waals surface area contributed by atoms with E-state index in [2.05, 4.69) is 21.2 Å². The van der Waals surface area contributed by atoms with E-state index in [0.29, 0.717) is 28.6 Å². The van der Waals surface area contributed by atoms with Gasteiger partial charge in [-0.25, -0.2) is 4.39 Å². The van der Waals surface area contributed by atoms with Crippen LogP contribution >= 0.6 is 15.9 Å². The molecule has 1 aromatic carbocycles. The summed E-state index contributed by atoms with van der Waals surface area (Å²) in [5.41, 5.74) is 3.83. The van der Waals surface area contributed by atoms with Crippen molar-refractivity contribution in [3.8, 4) is 0 Å². The number of hydrogen-bond donors (Lipinski definition) is 1. The van der Waals surface area contributed by atoms with Gasteiger partial charge >= 0.3 is 0 Å². The predicted molar refractivity (Wildman–Crippen MR) is 90.5 cm³/mol. The van der Waals surface area contributed by atoms with Crippen molar-refractivity contribution >= 4 is 27.6 Å². The van der Waals surface area contributed by atoms with Crippen molar-refractivity contribution in [3.63, 3.8) is 0 Å².